The minimum absolute atomic E-state index is 0.418. The van der Waals surface area contributed by atoms with Gasteiger partial charge in [0.1, 0.15) is 12.0 Å². The van der Waals surface area contributed by atoms with Crippen LogP contribution >= 0.6 is 22.9 Å². The molecule has 25 heavy (non-hydrogen) atoms. The Morgan fingerprint density at radius 3 is 2.52 bits per heavy atom. The fourth-order valence-corrected chi connectivity index (χ4v) is 4.30. The molecule has 2 heterocycles. The van der Waals surface area contributed by atoms with E-state index in [0.29, 0.717) is 11.4 Å². The van der Waals surface area contributed by atoms with E-state index in [0.717, 1.165) is 43.8 Å². The van der Waals surface area contributed by atoms with Gasteiger partial charge in [-0.1, -0.05) is 60.1 Å². The fraction of sp³-hybridized carbons (Fsp3) is 0.0476. The van der Waals surface area contributed by atoms with Gasteiger partial charge >= 0.3 is 0 Å². The first-order valence-electron chi connectivity index (χ1n) is 7.94. The molecule has 0 bridgehead atoms. The Kier molecular flexibility index (Phi) is 4.35. The van der Waals surface area contributed by atoms with E-state index in [4.69, 9.17) is 16.6 Å². The van der Waals surface area contributed by atoms with Gasteiger partial charge in [0.2, 0.25) is 0 Å². The first-order valence-corrected chi connectivity index (χ1v) is 9.14. The number of carbonyl (C=O) groups is 1. The second-order valence-corrected chi connectivity index (χ2v) is 7.22. The van der Waals surface area contributed by atoms with E-state index in [2.05, 4.69) is 12.1 Å². The van der Waals surface area contributed by atoms with Crippen molar-refractivity contribution in [2.75, 3.05) is 0 Å². The fourth-order valence-electron chi connectivity index (χ4n) is 2.94. The number of halogens is 1. The molecule has 4 rings (SSSR count). The molecule has 122 valence electrons. The maximum absolute atomic E-state index is 10.8. The molecule has 4 heteroatoms. The van der Waals surface area contributed by atoms with E-state index in [1.165, 1.54) is 0 Å². The van der Waals surface area contributed by atoms with Gasteiger partial charge in [-0.15, -0.1) is 11.3 Å². The van der Waals surface area contributed by atoms with E-state index < -0.39 is 0 Å². The number of carbonyl (C=O) groups excluding carboxylic acids is 1. The zero-order chi connectivity index (χ0) is 17.2. The lowest BCUT2D eigenvalue weighted by molar-refractivity contribution is -0.107. The molecule has 0 unspecified atom stereocenters. The molecule has 0 aliphatic carbocycles. The number of aromatic nitrogens is 1. The third-order valence-electron chi connectivity index (χ3n) is 4.08. The average Bonchev–Trinajstić information content (AvgIpc) is 3.11. The topological polar surface area (TPSA) is 30.0 Å². The predicted molar refractivity (Wildman–Crippen MR) is 105 cm³/mol. The van der Waals surface area contributed by atoms with Gasteiger partial charge in [0.15, 0.2) is 0 Å². The van der Waals surface area contributed by atoms with Crippen LogP contribution in [0.1, 0.15) is 4.88 Å². The monoisotopic (exact) mass is 363 g/mol. The highest BCUT2D eigenvalue weighted by molar-refractivity contribution is 7.15. The summed E-state index contributed by atoms with van der Waals surface area (Å²) in [6.07, 6.45) is 1.34. The van der Waals surface area contributed by atoms with Crippen LogP contribution < -0.4 is 0 Å². The molecule has 0 fully saturated rings. The summed E-state index contributed by atoms with van der Waals surface area (Å²) >= 11 is 8.38. The molecule has 0 saturated carbocycles. The number of rotatable bonds is 4. The molecule has 0 amide bonds. The van der Waals surface area contributed by atoms with Crippen molar-refractivity contribution in [3.05, 3.63) is 76.6 Å². The third-order valence-corrected chi connectivity index (χ3v) is 5.56. The zero-order valence-electron chi connectivity index (χ0n) is 13.3. The molecule has 0 N–H and O–H groups in total. The molecule has 0 atom stereocenters. The number of pyridine rings is 1. The van der Waals surface area contributed by atoms with Crippen LogP contribution in [0.25, 0.3) is 32.6 Å². The Bertz CT molecular complexity index is 1060. The number of thiophene rings is 1. The van der Waals surface area contributed by atoms with Crippen LogP contribution in [-0.4, -0.2) is 11.3 Å². The number of aldehydes is 1. The largest absolute Gasteiger partial charge is 0.303 e. The van der Waals surface area contributed by atoms with Crippen LogP contribution in [0.2, 0.25) is 5.02 Å². The highest BCUT2D eigenvalue weighted by Gasteiger charge is 2.17. The summed E-state index contributed by atoms with van der Waals surface area (Å²) in [5.74, 6) is 0. The number of nitrogens with zero attached hydrogens (tertiary/aromatic N) is 1. The van der Waals surface area contributed by atoms with Crippen LogP contribution in [0.5, 0.6) is 0 Å². The Labute approximate surface area is 154 Å². The smallest absolute Gasteiger partial charge is 0.125 e. The van der Waals surface area contributed by atoms with Gasteiger partial charge in [-0.2, -0.15) is 0 Å². The van der Waals surface area contributed by atoms with Crippen LogP contribution in [0.3, 0.4) is 0 Å². The molecule has 0 saturated heterocycles. The summed E-state index contributed by atoms with van der Waals surface area (Å²) in [7, 11) is 0. The second-order valence-electron chi connectivity index (χ2n) is 5.67. The highest BCUT2D eigenvalue weighted by atomic mass is 35.5. The standard InChI is InChI=1S/C21H14ClNOS/c22-20-19(14-6-2-1-3-7-14)16-8-4-5-9-17(16)23-21(20)18-11-10-15(25-18)12-13-24/h1-11,13H,12H2. The van der Waals surface area contributed by atoms with Crippen LogP contribution in [-0.2, 0) is 11.2 Å². The number of hydrogen-bond donors (Lipinski definition) is 0. The van der Waals surface area contributed by atoms with Crippen molar-refractivity contribution >= 4 is 40.1 Å². The molecule has 0 aliphatic heterocycles. The molecule has 2 nitrogen and oxygen atoms in total. The lowest BCUT2D eigenvalue weighted by Gasteiger charge is -2.12. The van der Waals surface area contributed by atoms with E-state index >= 15 is 0 Å². The van der Waals surface area contributed by atoms with E-state index in [1.807, 2.05) is 54.6 Å². The molecule has 0 spiro atoms. The van der Waals surface area contributed by atoms with Crippen LogP contribution in [0.4, 0.5) is 0 Å². The van der Waals surface area contributed by atoms with E-state index in [-0.39, 0.29) is 0 Å². The molecule has 0 radical (unpaired) electrons. The SMILES string of the molecule is O=CCc1ccc(-c2nc3ccccc3c(-c3ccccc3)c2Cl)s1. The minimum Gasteiger partial charge on any atom is -0.303 e. The maximum Gasteiger partial charge on any atom is 0.125 e. The minimum atomic E-state index is 0.418. The molecule has 0 aliphatic rings. The molecular weight excluding hydrogens is 350 g/mol. The Morgan fingerprint density at radius 2 is 1.72 bits per heavy atom. The maximum atomic E-state index is 10.8. The van der Waals surface area contributed by atoms with Gasteiger partial charge in [0.25, 0.3) is 0 Å². The zero-order valence-corrected chi connectivity index (χ0v) is 14.8. The third kappa shape index (κ3) is 2.97. The van der Waals surface area contributed by atoms with Crippen molar-refractivity contribution in [2.45, 2.75) is 6.42 Å². The van der Waals surface area contributed by atoms with Crippen molar-refractivity contribution < 1.29 is 4.79 Å². The molecule has 2 aromatic heterocycles. The van der Waals surface area contributed by atoms with E-state index in [1.54, 1.807) is 11.3 Å². The van der Waals surface area contributed by atoms with E-state index in [9.17, 15) is 4.79 Å². The summed E-state index contributed by atoms with van der Waals surface area (Å²) in [5, 5.41) is 1.68. The summed E-state index contributed by atoms with van der Waals surface area (Å²) in [6.45, 7) is 0. The average molecular weight is 364 g/mol. The highest BCUT2D eigenvalue weighted by Crippen LogP contribution is 2.41. The quantitative estimate of drug-likeness (QED) is 0.414. The number of hydrogen-bond acceptors (Lipinski definition) is 3. The van der Waals surface area contributed by atoms with Crippen LogP contribution in [0.15, 0.2) is 66.7 Å². The van der Waals surface area contributed by atoms with Crippen LogP contribution in [0, 0.1) is 0 Å². The summed E-state index contributed by atoms with van der Waals surface area (Å²) in [5.41, 5.74) is 3.73. The normalized spacial score (nSPS) is 10.9. The van der Waals surface area contributed by atoms with Gasteiger partial charge in [-0.05, 0) is 23.8 Å². The second kappa shape index (κ2) is 6.79. The lowest BCUT2D eigenvalue weighted by Crippen LogP contribution is -1.91. The predicted octanol–water partition coefficient (Wildman–Crippen LogP) is 6.03. The Hall–Kier alpha value is -2.49. The van der Waals surface area contributed by atoms with Crippen molar-refractivity contribution in [3.8, 4) is 21.7 Å². The molecule has 4 aromatic rings. The number of fused-ring (bicyclic) bond motifs is 1. The van der Waals surface area contributed by atoms with Gasteiger partial charge in [0, 0.05) is 22.2 Å². The molecular formula is C21H14ClNOS. The molecule has 2 aromatic carbocycles. The Balaban J connectivity index is 2.00. The first-order chi connectivity index (χ1) is 12.3. The summed E-state index contributed by atoms with van der Waals surface area (Å²) in [4.78, 5) is 17.5. The van der Waals surface area contributed by atoms with Crippen molar-refractivity contribution in [3.63, 3.8) is 0 Å². The Morgan fingerprint density at radius 1 is 0.960 bits per heavy atom. The van der Waals surface area contributed by atoms with Gasteiger partial charge in [-0.3, -0.25) is 0 Å². The lowest BCUT2D eigenvalue weighted by atomic mass is 9.99. The van der Waals surface area contributed by atoms with Gasteiger partial charge in [-0.25, -0.2) is 4.98 Å². The van der Waals surface area contributed by atoms with Crippen molar-refractivity contribution in [1.29, 1.82) is 0 Å². The number of para-hydroxylation sites is 1. The van der Waals surface area contributed by atoms with Crippen molar-refractivity contribution in [1.82, 2.24) is 4.98 Å². The summed E-state index contributed by atoms with van der Waals surface area (Å²) < 4.78 is 0. The summed E-state index contributed by atoms with van der Waals surface area (Å²) in [6, 6.07) is 22.1. The number of benzene rings is 2. The van der Waals surface area contributed by atoms with Crippen molar-refractivity contribution in [2.24, 2.45) is 0 Å². The first kappa shape index (κ1) is 16.0. The van der Waals surface area contributed by atoms with Gasteiger partial charge in [0.05, 0.1) is 15.4 Å². The van der Waals surface area contributed by atoms with Gasteiger partial charge < -0.3 is 4.79 Å².